The topological polar surface area (TPSA) is 48.9 Å². The number of ether oxygens (including phenoxy) is 1. The number of rotatable bonds is 4. The van der Waals surface area contributed by atoms with Gasteiger partial charge in [-0.1, -0.05) is 13.8 Å². The van der Waals surface area contributed by atoms with E-state index in [1.165, 1.54) is 45.1 Å². The van der Waals surface area contributed by atoms with Crippen LogP contribution in [0.1, 0.15) is 52.4 Å². The van der Waals surface area contributed by atoms with E-state index in [2.05, 4.69) is 34.4 Å². The van der Waals surface area contributed by atoms with Crippen LogP contribution < -0.4 is 10.6 Å². The summed E-state index contributed by atoms with van der Waals surface area (Å²) >= 11 is 0. The van der Waals surface area contributed by atoms with E-state index in [4.69, 9.17) is 4.74 Å². The van der Waals surface area contributed by atoms with Crippen molar-refractivity contribution in [3.05, 3.63) is 0 Å². The molecule has 3 aliphatic rings. The summed E-state index contributed by atoms with van der Waals surface area (Å²) in [5, 5.41) is 7.11. The molecule has 1 aliphatic carbocycles. The van der Waals surface area contributed by atoms with Crippen molar-refractivity contribution >= 4 is 5.96 Å². The fraction of sp³-hybridized carbons (Fsp3) is 0.947. The van der Waals surface area contributed by atoms with Gasteiger partial charge in [-0.15, -0.1) is 0 Å². The number of nitrogens with zero attached hydrogens (tertiary/aromatic N) is 2. The summed E-state index contributed by atoms with van der Waals surface area (Å²) in [5.74, 6) is 2.67. The first-order valence-corrected chi connectivity index (χ1v) is 9.98. The fourth-order valence-corrected chi connectivity index (χ4v) is 4.54. The number of morpholine rings is 1. The van der Waals surface area contributed by atoms with Crippen LogP contribution in [0.15, 0.2) is 4.99 Å². The van der Waals surface area contributed by atoms with Gasteiger partial charge in [-0.05, 0) is 56.9 Å². The molecule has 2 saturated heterocycles. The molecule has 2 aliphatic heterocycles. The zero-order chi connectivity index (χ0) is 16.9. The summed E-state index contributed by atoms with van der Waals surface area (Å²) in [4.78, 5) is 7.01. The maximum atomic E-state index is 6.03. The summed E-state index contributed by atoms with van der Waals surface area (Å²) in [5.41, 5.74) is 0. The lowest BCUT2D eigenvalue weighted by atomic mass is 9.80. The zero-order valence-electron chi connectivity index (χ0n) is 15.8. The van der Waals surface area contributed by atoms with Crippen molar-refractivity contribution in [3.8, 4) is 0 Å². The molecule has 3 fully saturated rings. The quantitative estimate of drug-likeness (QED) is 0.610. The van der Waals surface area contributed by atoms with E-state index in [9.17, 15) is 0 Å². The third-order valence-electron chi connectivity index (χ3n) is 6.24. The monoisotopic (exact) mass is 336 g/mol. The SMILES string of the molecule is CN=C(NCC1CN2CCCC2CO1)NC1CCC(C(C)C)CC1. The Hall–Kier alpha value is -0.810. The molecule has 3 rings (SSSR count). The van der Waals surface area contributed by atoms with E-state index < -0.39 is 0 Å². The molecule has 1 saturated carbocycles. The molecular weight excluding hydrogens is 300 g/mol. The molecule has 0 spiro atoms. The standard InChI is InChI=1S/C19H36N4O/c1-14(2)15-6-8-16(9-7-15)22-19(20-3)21-11-18-12-23-10-4-5-17(23)13-24-18/h14-18H,4-13H2,1-3H3,(H2,20,21,22). The Morgan fingerprint density at radius 3 is 2.71 bits per heavy atom. The van der Waals surface area contributed by atoms with Crippen LogP contribution in [-0.2, 0) is 4.74 Å². The maximum absolute atomic E-state index is 6.03. The summed E-state index contributed by atoms with van der Waals surface area (Å²) in [7, 11) is 1.87. The van der Waals surface area contributed by atoms with E-state index >= 15 is 0 Å². The van der Waals surface area contributed by atoms with Crippen molar-refractivity contribution in [1.29, 1.82) is 0 Å². The summed E-state index contributed by atoms with van der Waals surface area (Å²) in [6, 6.07) is 1.25. The second kappa shape index (κ2) is 8.52. The molecule has 2 heterocycles. The Morgan fingerprint density at radius 1 is 1.21 bits per heavy atom. The van der Waals surface area contributed by atoms with Crippen molar-refractivity contribution in [2.24, 2.45) is 16.8 Å². The van der Waals surface area contributed by atoms with E-state index in [0.29, 0.717) is 12.1 Å². The predicted molar refractivity (Wildman–Crippen MR) is 99.4 cm³/mol. The van der Waals surface area contributed by atoms with Crippen LogP contribution in [0.5, 0.6) is 0 Å². The molecule has 0 radical (unpaired) electrons. The third-order valence-corrected chi connectivity index (χ3v) is 6.24. The van der Waals surface area contributed by atoms with Crippen LogP contribution in [-0.4, -0.2) is 62.3 Å². The van der Waals surface area contributed by atoms with Crippen molar-refractivity contribution in [2.45, 2.75) is 70.6 Å². The fourth-order valence-electron chi connectivity index (χ4n) is 4.54. The molecule has 2 atom stereocenters. The largest absolute Gasteiger partial charge is 0.373 e. The normalized spacial score (nSPS) is 35.1. The lowest BCUT2D eigenvalue weighted by Gasteiger charge is -2.36. The van der Waals surface area contributed by atoms with Gasteiger partial charge in [0.2, 0.25) is 0 Å². The first kappa shape index (κ1) is 18.0. The molecule has 5 heteroatoms. The maximum Gasteiger partial charge on any atom is 0.191 e. The lowest BCUT2D eigenvalue weighted by molar-refractivity contribution is -0.0453. The van der Waals surface area contributed by atoms with Crippen molar-refractivity contribution < 1.29 is 4.74 Å². The number of nitrogens with one attached hydrogen (secondary N) is 2. The first-order valence-electron chi connectivity index (χ1n) is 9.98. The highest BCUT2D eigenvalue weighted by Gasteiger charge is 2.32. The van der Waals surface area contributed by atoms with Gasteiger partial charge in [-0.2, -0.15) is 0 Å². The summed E-state index contributed by atoms with van der Waals surface area (Å²) < 4.78 is 6.03. The lowest BCUT2D eigenvalue weighted by Crippen LogP contribution is -2.52. The molecule has 138 valence electrons. The Labute approximate surface area is 147 Å². The van der Waals surface area contributed by atoms with Crippen LogP contribution in [0.3, 0.4) is 0 Å². The highest BCUT2D eigenvalue weighted by Crippen LogP contribution is 2.29. The molecule has 5 nitrogen and oxygen atoms in total. The third kappa shape index (κ3) is 4.63. The predicted octanol–water partition coefficient (Wildman–Crippen LogP) is 2.23. The average molecular weight is 337 g/mol. The van der Waals surface area contributed by atoms with Gasteiger partial charge in [-0.3, -0.25) is 9.89 Å². The highest BCUT2D eigenvalue weighted by atomic mass is 16.5. The van der Waals surface area contributed by atoms with Gasteiger partial charge in [0, 0.05) is 32.2 Å². The van der Waals surface area contributed by atoms with Gasteiger partial charge in [0.1, 0.15) is 0 Å². The molecule has 0 bridgehead atoms. The number of fused-ring (bicyclic) bond motifs is 1. The minimum absolute atomic E-state index is 0.287. The molecule has 2 N–H and O–H groups in total. The van der Waals surface area contributed by atoms with Crippen molar-refractivity contribution in [1.82, 2.24) is 15.5 Å². The van der Waals surface area contributed by atoms with Gasteiger partial charge in [0.15, 0.2) is 5.96 Å². The Kier molecular flexibility index (Phi) is 6.39. The van der Waals surface area contributed by atoms with E-state index in [1.54, 1.807) is 0 Å². The van der Waals surface area contributed by atoms with Gasteiger partial charge in [-0.25, -0.2) is 0 Å². The molecule has 0 amide bonds. The molecule has 24 heavy (non-hydrogen) atoms. The minimum atomic E-state index is 0.287. The molecule has 0 aromatic heterocycles. The second-order valence-electron chi connectivity index (χ2n) is 8.20. The minimum Gasteiger partial charge on any atom is -0.373 e. The second-order valence-corrected chi connectivity index (χ2v) is 8.20. The van der Waals surface area contributed by atoms with Crippen LogP contribution in [0.2, 0.25) is 0 Å². The highest BCUT2D eigenvalue weighted by molar-refractivity contribution is 5.80. The molecule has 0 aromatic carbocycles. The molecular formula is C19H36N4O. The summed E-state index contributed by atoms with van der Waals surface area (Å²) in [6.45, 7) is 8.77. The van der Waals surface area contributed by atoms with Gasteiger partial charge in [0.05, 0.1) is 12.7 Å². The van der Waals surface area contributed by atoms with Crippen LogP contribution >= 0.6 is 0 Å². The zero-order valence-corrected chi connectivity index (χ0v) is 15.8. The van der Waals surface area contributed by atoms with Crippen LogP contribution in [0.4, 0.5) is 0 Å². The Morgan fingerprint density at radius 2 is 2.00 bits per heavy atom. The van der Waals surface area contributed by atoms with Crippen LogP contribution in [0.25, 0.3) is 0 Å². The smallest absolute Gasteiger partial charge is 0.191 e. The van der Waals surface area contributed by atoms with Gasteiger partial charge < -0.3 is 15.4 Å². The summed E-state index contributed by atoms with van der Waals surface area (Å²) in [6.07, 6.45) is 8.13. The van der Waals surface area contributed by atoms with Gasteiger partial charge in [0.25, 0.3) is 0 Å². The number of hydrogen-bond donors (Lipinski definition) is 2. The molecule has 2 unspecified atom stereocenters. The van der Waals surface area contributed by atoms with E-state index in [1.807, 2.05) is 7.05 Å². The van der Waals surface area contributed by atoms with Crippen LogP contribution in [0, 0.1) is 11.8 Å². The average Bonchev–Trinajstić information content (AvgIpc) is 3.06. The molecule has 0 aromatic rings. The van der Waals surface area contributed by atoms with Crippen molar-refractivity contribution in [3.63, 3.8) is 0 Å². The number of aliphatic imine (C=N–C) groups is 1. The Balaban J connectivity index is 1.38. The van der Waals surface area contributed by atoms with E-state index in [0.717, 1.165) is 37.5 Å². The number of guanidine groups is 1. The van der Waals surface area contributed by atoms with Gasteiger partial charge >= 0.3 is 0 Å². The van der Waals surface area contributed by atoms with Crippen molar-refractivity contribution in [2.75, 3.05) is 33.3 Å². The number of hydrogen-bond acceptors (Lipinski definition) is 3. The Bertz CT molecular complexity index is 418. The first-order chi connectivity index (χ1) is 11.7. The van der Waals surface area contributed by atoms with E-state index in [-0.39, 0.29) is 6.10 Å².